The Morgan fingerprint density at radius 1 is 1.25 bits per heavy atom. The van der Waals surface area contributed by atoms with Crippen LogP contribution < -0.4 is 10.0 Å². The molecule has 0 radical (unpaired) electrons. The van der Waals surface area contributed by atoms with E-state index in [1.54, 1.807) is 25.1 Å². The third-order valence-corrected chi connectivity index (χ3v) is 6.71. The van der Waals surface area contributed by atoms with Gasteiger partial charge in [-0.1, -0.05) is 12.1 Å². The van der Waals surface area contributed by atoms with Crippen molar-refractivity contribution < 1.29 is 17.6 Å². The number of nitrogens with zero attached hydrogens (tertiary/aromatic N) is 1. The number of fused-ring (bicyclic) bond motifs is 1. The molecule has 2 N–H and O–H groups in total. The normalized spacial score (nSPS) is 17.2. The smallest absolute Gasteiger partial charge is 0.240 e. The van der Waals surface area contributed by atoms with Crippen molar-refractivity contribution in [1.82, 2.24) is 9.62 Å². The number of benzene rings is 2. The van der Waals surface area contributed by atoms with Crippen molar-refractivity contribution >= 4 is 21.6 Å². The Morgan fingerprint density at radius 3 is 2.71 bits per heavy atom. The fourth-order valence-corrected chi connectivity index (χ4v) is 4.51. The highest BCUT2D eigenvalue weighted by atomic mass is 32.2. The van der Waals surface area contributed by atoms with Crippen LogP contribution in [0.3, 0.4) is 0 Å². The van der Waals surface area contributed by atoms with Gasteiger partial charge in [0, 0.05) is 18.3 Å². The van der Waals surface area contributed by atoms with Crippen LogP contribution >= 0.6 is 0 Å². The molecule has 0 fully saturated rings. The maximum Gasteiger partial charge on any atom is 0.240 e. The Hall–Kier alpha value is -2.29. The first-order valence-corrected chi connectivity index (χ1v) is 10.6. The van der Waals surface area contributed by atoms with Gasteiger partial charge in [-0.3, -0.25) is 9.69 Å². The molecule has 1 heterocycles. The summed E-state index contributed by atoms with van der Waals surface area (Å²) in [5, 5.41) is 2.76. The summed E-state index contributed by atoms with van der Waals surface area (Å²) in [4.78, 5) is 14.6. The number of nitrogens with one attached hydrogen (secondary N) is 2. The quantitative estimate of drug-likeness (QED) is 0.802. The second-order valence-electron chi connectivity index (χ2n) is 6.98. The maximum atomic E-state index is 13.6. The number of halogens is 1. The Morgan fingerprint density at radius 2 is 2.00 bits per heavy atom. The standard InChI is InChI=1S/C20H24FN3O3S/c1-13-4-7-17(11-19(13)28(26,27)22-3)23-20(25)12-24-9-8-15-5-6-16(21)10-18(15)14(24)2/h4-7,10-11,14,22H,8-9,12H2,1-3H3,(H,23,25). The number of aryl methyl sites for hydroxylation is 1. The predicted molar refractivity (Wildman–Crippen MR) is 106 cm³/mol. The summed E-state index contributed by atoms with van der Waals surface area (Å²) in [6.07, 6.45) is 0.752. The van der Waals surface area contributed by atoms with Crippen molar-refractivity contribution in [3.05, 3.63) is 58.9 Å². The van der Waals surface area contributed by atoms with E-state index in [1.165, 1.54) is 25.2 Å². The summed E-state index contributed by atoms with van der Waals surface area (Å²) < 4.78 is 40.1. The third-order valence-electron chi connectivity index (χ3n) is 5.15. The van der Waals surface area contributed by atoms with Gasteiger partial charge in [-0.05, 0) is 68.3 Å². The van der Waals surface area contributed by atoms with E-state index in [1.807, 2.05) is 11.8 Å². The van der Waals surface area contributed by atoms with E-state index in [2.05, 4.69) is 10.0 Å². The minimum atomic E-state index is -3.61. The zero-order chi connectivity index (χ0) is 20.5. The van der Waals surface area contributed by atoms with Gasteiger partial charge in [-0.15, -0.1) is 0 Å². The molecule has 1 unspecified atom stereocenters. The Kier molecular flexibility index (Phi) is 5.83. The average molecular weight is 405 g/mol. The molecule has 2 aromatic rings. The molecule has 0 aromatic heterocycles. The molecule has 8 heteroatoms. The second kappa shape index (κ2) is 7.98. The molecule has 0 spiro atoms. The first kappa shape index (κ1) is 20.4. The highest BCUT2D eigenvalue weighted by Crippen LogP contribution is 2.29. The molecule has 1 atom stereocenters. The Labute approximate surface area is 164 Å². The highest BCUT2D eigenvalue weighted by molar-refractivity contribution is 7.89. The Balaban J connectivity index is 1.72. The zero-order valence-electron chi connectivity index (χ0n) is 16.1. The van der Waals surface area contributed by atoms with Crippen LogP contribution in [0.4, 0.5) is 10.1 Å². The number of sulfonamides is 1. The zero-order valence-corrected chi connectivity index (χ0v) is 16.9. The number of rotatable bonds is 5. The summed E-state index contributed by atoms with van der Waals surface area (Å²) in [7, 11) is -2.26. The van der Waals surface area contributed by atoms with Crippen LogP contribution in [0.25, 0.3) is 0 Å². The average Bonchev–Trinajstić information content (AvgIpc) is 2.66. The van der Waals surface area contributed by atoms with Crippen LogP contribution in [-0.2, 0) is 21.2 Å². The van der Waals surface area contributed by atoms with Crippen LogP contribution in [-0.4, -0.2) is 39.4 Å². The van der Waals surface area contributed by atoms with Crippen molar-refractivity contribution in [2.24, 2.45) is 0 Å². The first-order chi connectivity index (χ1) is 13.2. The minimum absolute atomic E-state index is 0.0801. The number of hydrogen-bond donors (Lipinski definition) is 2. The molecule has 0 bridgehead atoms. The second-order valence-corrected chi connectivity index (χ2v) is 8.83. The lowest BCUT2D eigenvalue weighted by Gasteiger charge is -2.34. The number of anilines is 1. The molecule has 0 aliphatic carbocycles. The molecule has 2 aromatic carbocycles. The lowest BCUT2D eigenvalue weighted by molar-refractivity contribution is -0.117. The van der Waals surface area contributed by atoms with E-state index in [0.29, 0.717) is 17.8 Å². The summed E-state index contributed by atoms with van der Waals surface area (Å²) in [6, 6.07) is 9.48. The third kappa shape index (κ3) is 4.24. The van der Waals surface area contributed by atoms with E-state index in [4.69, 9.17) is 0 Å². The lowest BCUT2D eigenvalue weighted by Crippen LogP contribution is -2.39. The van der Waals surface area contributed by atoms with Crippen molar-refractivity contribution in [2.75, 3.05) is 25.5 Å². The first-order valence-electron chi connectivity index (χ1n) is 9.07. The molecule has 6 nitrogen and oxygen atoms in total. The van der Waals surface area contributed by atoms with Crippen LogP contribution in [0, 0.1) is 12.7 Å². The number of hydrogen-bond acceptors (Lipinski definition) is 4. The highest BCUT2D eigenvalue weighted by Gasteiger charge is 2.26. The fourth-order valence-electron chi connectivity index (χ4n) is 3.52. The van der Waals surface area contributed by atoms with E-state index in [9.17, 15) is 17.6 Å². The summed E-state index contributed by atoms with van der Waals surface area (Å²) in [5.74, 6) is -0.529. The minimum Gasteiger partial charge on any atom is -0.325 e. The monoisotopic (exact) mass is 405 g/mol. The molecule has 1 aliphatic rings. The van der Waals surface area contributed by atoms with Crippen molar-refractivity contribution in [2.45, 2.75) is 31.2 Å². The van der Waals surface area contributed by atoms with Gasteiger partial charge >= 0.3 is 0 Å². The number of carbonyl (C=O) groups is 1. The Bertz CT molecular complexity index is 1010. The van der Waals surface area contributed by atoms with Gasteiger partial charge in [-0.2, -0.15) is 0 Å². The van der Waals surface area contributed by atoms with Gasteiger partial charge in [0.25, 0.3) is 0 Å². The number of carbonyl (C=O) groups excluding carboxylic acids is 1. The van der Waals surface area contributed by atoms with E-state index < -0.39 is 10.0 Å². The van der Waals surface area contributed by atoms with Gasteiger partial charge in [-0.25, -0.2) is 17.5 Å². The summed E-state index contributed by atoms with van der Waals surface area (Å²) in [6.45, 7) is 4.48. The molecular weight excluding hydrogens is 381 g/mol. The van der Waals surface area contributed by atoms with Crippen LogP contribution in [0.2, 0.25) is 0 Å². The summed E-state index contributed by atoms with van der Waals surface area (Å²) >= 11 is 0. The fraction of sp³-hybridized carbons (Fsp3) is 0.350. The molecule has 1 aliphatic heterocycles. The molecule has 0 saturated heterocycles. The van der Waals surface area contributed by atoms with E-state index >= 15 is 0 Å². The number of amides is 1. The van der Waals surface area contributed by atoms with Gasteiger partial charge < -0.3 is 5.32 Å². The molecule has 0 saturated carbocycles. The SMILES string of the molecule is CNS(=O)(=O)c1cc(NC(=O)CN2CCc3ccc(F)cc3C2C)ccc1C. The van der Waals surface area contributed by atoms with E-state index in [0.717, 1.165) is 17.5 Å². The molecule has 3 rings (SSSR count). The molecule has 28 heavy (non-hydrogen) atoms. The van der Waals surface area contributed by atoms with Crippen molar-refractivity contribution in [3.8, 4) is 0 Å². The summed E-state index contributed by atoms with van der Waals surface area (Å²) in [5.41, 5.74) is 3.01. The van der Waals surface area contributed by atoms with Crippen LogP contribution in [0.15, 0.2) is 41.3 Å². The largest absolute Gasteiger partial charge is 0.325 e. The van der Waals surface area contributed by atoms with Crippen LogP contribution in [0.5, 0.6) is 0 Å². The van der Waals surface area contributed by atoms with Gasteiger partial charge in [0.1, 0.15) is 5.82 Å². The van der Waals surface area contributed by atoms with Crippen molar-refractivity contribution in [3.63, 3.8) is 0 Å². The maximum absolute atomic E-state index is 13.6. The van der Waals surface area contributed by atoms with Crippen LogP contribution in [0.1, 0.15) is 29.7 Å². The van der Waals surface area contributed by atoms with E-state index in [-0.39, 0.29) is 29.2 Å². The van der Waals surface area contributed by atoms with Gasteiger partial charge in [0.2, 0.25) is 15.9 Å². The van der Waals surface area contributed by atoms with Gasteiger partial charge in [0.05, 0.1) is 11.4 Å². The predicted octanol–water partition coefficient (Wildman–Crippen LogP) is 2.60. The molecule has 150 valence electrons. The molecule has 1 amide bonds. The lowest BCUT2D eigenvalue weighted by atomic mass is 9.93. The van der Waals surface area contributed by atoms with Gasteiger partial charge in [0.15, 0.2) is 0 Å². The van der Waals surface area contributed by atoms with Crippen molar-refractivity contribution in [1.29, 1.82) is 0 Å². The topological polar surface area (TPSA) is 78.5 Å². The molecular formula is C20H24FN3O3S.